The van der Waals surface area contributed by atoms with Crippen molar-refractivity contribution in [3.05, 3.63) is 17.5 Å². The Balaban J connectivity index is 2.16. The second kappa shape index (κ2) is 5.98. The summed E-state index contributed by atoms with van der Waals surface area (Å²) in [6.07, 6.45) is 0.450. The van der Waals surface area contributed by atoms with E-state index in [9.17, 15) is 9.59 Å². The molecule has 0 fully saturated rings. The normalized spacial score (nSPS) is 15.0. The Bertz CT molecular complexity index is 572. The Hall–Kier alpha value is -2.05. The van der Waals surface area contributed by atoms with Gasteiger partial charge in [-0.05, 0) is 33.3 Å². The summed E-state index contributed by atoms with van der Waals surface area (Å²) in [7, 11) is 3.39. The molecule has 0 unspecified atom stereocenters. The molecule has 7 nitrogen and oxygen atoms in total. The first-order chi connectivity index (χ1) is 10.2. The molecule has 0 aliphatic carbocycles. The maximum Gasteiger partial charge on any atom is 0.410 e. The monoisotopic (exact) mass is 308 g/mol. The predicted octanol–water partition coefficient (Wildman–Crippen LogP) is 1.73. The van der Waals surface area contributed by atoms with Gasteiger partial charge in [0.15, 0.2) is 5.69 Å². The molecule has 0 atom stereocenters. The van der Waals surface area contributed by atoms with Crippen LogP contribution < -0.4 is 0 Å². The zero-order valence-corrected chi connectivity index (χ0v) is 13.9. The molecule has 2 heterocycles. The van der Waals surface area contributed by atoms with Gasteiger partial charge in [-0.25, -0.2) is 4.79 Å². The number of carbonyl (C=O) groups excluding carboxylic acids is 2. The third kappa shape index (κ3) is 3.78. The minimum Gasteiger partial charge on any atom is -0.444 e. The van der Waals surface area contributed by atoms with Crippen molar-refractivity contribution in [2.24, 2.45) is 0 Å². The van der Waals surface area contributed by atoms with Gasteiger partial charge in [0.1, 0.15) is 5.60 Å². The first-order valence-corrected chi connectivity index (χ1v) is 7.43. The van der Waals surface area contributed by atoms with Gasteiger partial charge in [0.2, 0.25) is 0 Å². The zero-order chi connectivity index (χ0) is 16.5. The lowest BCUT2D eigenvalue weighted by atomic mass is 10.2. The predicted molar refractivity (Wildman–Crippen MR) is 81.5 cm³/mol. The van der Waals surface area contributed by atoms with Crippen molar-refractivity contribution in [2.75, 3.05) is 20.6 Å². The van der Waals surface area contributed by atoms with Crippen LogP contribution in [0.15, 0.2) is 6.07 Å². The van der Waals surface area contributed by atoms with Crippen molar-refractivity contribution in [3.63, 3.8) is 0 Å². The molecule has 0 radical (unpaired) electrons. The molecule has 7 heteroatoms. The minimum atomic E-state index is -0.518. The second-order valence-electron chi connectivity index (χ2n) is 6.70. The highest BCUT2D eigenvalue weighted by molar-refractivity contribution is 5.92. The van der Waals surface area contributed by atoms with Crippen molar-refractivity contribution in [2.45, 2.75) is 45.9 Å². The average Bonchev–Trinajstić information content (AvgIpc) is 2.67. The van der Waals surface area contributed by atoms with E-state index >= 15 is 0 Å². The molecule has 1 aromatic rings. The van der Waals surface area contributed by atoms with Crippen LogP contribution in [0.3, 0.4) is 0 Å². The van der Waals surface area contributed by atoms with Crippen molar-refractivity contribution < 1.29 is 14.3 Å². The van der Waals surface area contributed by atoms with E-state index in [0.717, 1.165) is 12.1 Å². The Morgan fingerprint density at radius 3 is 2.55 bits per heavy atom. The van der Waals surface area contributed by atoms with Gasteiger partial charge in [-0.1, -0.05) is 0 Å². The topological polar surface area (TPSA) is 67.7 Å². The summed E-state index contributed by atoms with van der Waals surface area (Å²) >= 11 is 0. The maximum atomic E-state index is 12.2. The van der Waals surface area contributed by atoms with Crippen LogP contribution in [0.2, 0.25) is 0 Å². The molecule has 0 saturated heterocycles. The molecule has 22 heavy (non-hydrogen) atoms. The number of hydrogen-bond acceptors (Lipinski definition) is 4. The third-order valence-corrected chi connectivity index (χ3v) is 3.29. The molecule has 0 spiro atoms. The molecule has 1 aromatic heterocycles. The quantitative estimate of drug-likeness (QED) is 0.792. The van der Waals surface area contributed by atoms with Crippen LogP contribution in [0.1, 0.15) is 43.4 Å². The number of rotatable bonds is 1. The van der Waals surface area contributed by atoms with Crippen molar-refractivity contribution in [1.29, 1.82) is 0 Å². The number of fused-ring (bicyclic) bond motifs is 1. The standard InChI is InChI=1S/C15H24N4O3/c1-15(2,3)22-14(21)18-7-6-8-19-11(10-18)9-12(16-19)13(20)17(4)5/h9H,6-8,10H2,1-5H3. The Labute approximate surface area is 130 Å². The highest BCUT2D eigenvalue weighted by Crippen LogP contribution is 2.17. The number of ether oxygens (including phenoxy) is 1. The first-order valence-electron chi connectivity index (χ1n) is 7.43. The summed E-state index contributed by atoms with van der Waals surface area (Å²) in [5.41, 5.74) is 0.745. The minimum absolute atomic E-state index is 0.135. The van der Waals surface area contributed by atoms with E-state index in [1.165, 1.54) is 4.90 Å². The number of carbonyl (C=O) groups is 2. The van der Waals surface area contributed by atoms with Gasteiger partial charge in [0.05, 0.1) is 12.2 Å². The fourth-order valence-electron chi connectivity index (χ4n) is 2.28. The molecule has 2 amide bonds. The lowest BCUT2D eigenvalue weighted by molar-refractivity contribution is 0.0236. The van der Waals surface area contributed by atoms with E-state index in [1.54, 1.807) is 29.7 Å². The van der Waals surface area contributed by atoms with Gasteiger partial charge >= 0.3 is 6.09 Å². The van der Waals surface area contributed by atoms with Crippen LogP contribution in [0.25, 0.3) is 0 Å². The van der Waals surface area contributed by atoms with E-state index < -0.39 is 5.60 Å². The average molecular weight is 308 g/mol. The summed E-state index contributed by atoms with van der Waals surface area (Å²) in [4.78, 5) is 27.4. The summed E-state index contributed by atoms with van der Waals surface area (Å²) in [5, 5.41) is 4.35. The fraction of sp³-hybridized carbons (Fsp3) is 0.667. The van der Waals surface area contributed by atoms with Crippen molar-refractivity contribution in [3.8, 4) is 0 Å². The van der Waals surface area contributed by atoms with Gasteiger partial charge in [0.25, 0.3) is 5.91 Å². The van der Waals surface area contributed by atoms with E-state index in [-0.39, 0.29) is 12.0 Å². The van der Waals surface area contributed by atoms with Gasteiger partial charge in [0, 0.05) is 27.2 Å². The van der Waals surface area contributed by atoms with Gasteiger partial charge < -0.3 is 14.5 Å². The van der Waals surface area contributed by atoms with E-state index in [4.69, 9.17) is 4.74 Å². The van der Waals surface area contributed by atoms with Crippen LogP contribution in [-0.2, 0) is 17.8 Å². The van der Waals surface area contributed by atoms with Gasteiger partial charge in [-0.15, -0.1) is 0 Å². The van der Waals surface area contributed by atoms with Gasteiger partial charge in [-0.2, -0.15) is 5.10 Å². The molecular weight excluding hydrogens is 284 g/mol. The van der Waals surface area contributed by atoms with E-state index in [2.05, 4.69) is 5.10 Å². The van der Waals surface area contributed by atoms with E-state index in [0.29, 0.717) is 25.3 Å². The highest BCUT2D eigenvalue weighted by Gasteiger charge is 2.26. The van der Waals surface area contributed by atoms with Crippen LogP contribution in [-0.4, -0.2) is 57.8 Å². The lowest BCUT2D eigenvalue weighted by Crippen LogP contribution is -2.36. The maximum absolute atomic E-state index is 12.2. The highest BCUT2D eigenvalue weighted by atomic mass is 16.6. The van der Waals surface area contributed by atoms with Crippen LogP contribution >= 0.6 is 0 Å². The molecular formula is C15H24N4O3. The number of hydrogen-bond donors (Lipinski definition) is 0. The van der Waals surface area contributed by atoms with Crippen molar-refractivity contribution in [1.82, 2.24) is 19.6 Å². The molecule has 2 rings (SSSR count). The zero-order valence-electron chi connectivity index (χ0n) is 13.9. The van der Waals surface area contributed by atoms with Crippen LogP contribution in [0, 0.1) is 0 Å². The molecule has 1 aliphatic heterocycles. The largest absolute Gasteiger partial charge is 0.444 e. The number of aromatic nitrogens is 2. The number of nitrogens with zero attached hydrogens (tertiary/aromatic N) is 4. The Morgan fingerprint density at radius 2 is 1.95 bits per heavy atom. The molecule has 0 aromatic carbocycles. The summed E-state index contributed by atoms with van der Waals surface area (Å²) in [5.74, 6) is -0.135. The molecule has 0 saturated carbocycles. The van der Waals surface area contributed by atoms with Gasteiger partial charge in [-0.3, -0.25) is 9.48 Å². The molecule has 0 N–H and O–H groups in total. The van der Waals surface area contributed by atoms with Crippen LogP contribution in [0.4, 0.5) is 4.79 Å². The molecule has 122 valence electrons. The first kappa shape index (κ1) is 16.3. The third-order valence-electron chi connectivity index (χ3n) is 3.29. The second-order valence-corrected chi connectivity index (χ2v) is 6.70. The SMILES string of the molecule is CN(C)C(=O)c1cc2n(n1)CCCN(C(=O)OC(C)(C)C)C2. The molecule has 1 aliphatic rings. The number of amides is 2. The smallest absolute Gasteiger partial charge is 0.410 e. The Kier molecular flexibility index (Phi) is 4.44. The summed E-state index contributed by atoms with van der Waals surface area (Å²) in [6, 6.07) is 1.75. The number of aryl methyl sites for hydroxylation is 1. The Morgan fingerprint density at radius 1 is 1.27 bits per heavy atom. The van der Waals surface area contributed by atoms with E-state index in [1.807, 2.05) is 20.8 Å². The van der Waals surface area contributed by atoms with Crippen molar-refractivity contribution >= 4 is 12.0 Å². The summed E-state index contributed by atoms with van der Waals surface area (Å²) in [6.45, 7) is 7.26. The lowest BCUT2D eigenvalue weighted by Gasteiger charge is -2.26. The fourth-order valence-corrected chi connectivity index (χ4v) is 2.28. The summed E-state index contributed by atoms with van der Waals surface area (Å²) < 4.78 is 7.23. The van der Waals surface area contributed by atoms with Crippen LogP contribution in [0.5, 0.6) is 0 Å². The molecule has 0 bridgehead atoms.